The van der Waals surface area contributed by atoms with Gasteiger partial charge in [0.15, 0.2) is 5.78 Å². The lowest BCUT2D eigenvalue weighted by Crippen LogP contribution is -2.08. The van der Waals surface area contributed by atoms with E-state index in [-0.39, 0.29) is 28.3 Å². The number of hydrogen-bond donors (Lipinski definition) is 0. The summed E-state index contributed by atoms with van der Waals surface area (Å²) >= 11 is 5.84. The highest BCUT2D eigenvalue weighted by molar-refractivity contribution is 6.34. The maximum Gasteiger partial charge on any atom is 0.416 e. The van der Waals surface area contributed by atoms with Crippen molar-refractivity contribution in [3.8, 4) is 0 Å². The van der Waals surface area contributed by atoms with Crippen LogP contribution in [0.2, 0.25) is 5.02 Å². The minimum Gasteiger partial charge on any atom is -0.294 e. The van der Waals surface area contributed by atoms with Gasteiger partial charge in [0.2, 0.25) is 0 Å². The van der Waals surface area contributed by atoms with Crippen LogP contribution in [0.25, 0.3) is 0 Å². The highest BCUT2D eigenvalue weighted by atomic mass is 35.5. The number of carbonyl (C=O) groups excluding carboxylic acids is 1. The second-order valence-corrected chi connectivity index (χ2v) is 5.13. The van der Waals surface area contributed by atoms with Gasteiger partial charge in [0.25, 0.3) is 5.69 Å². The summed E-state index contributed by atoms with van der Waals surface area (Å²) in [5.74, 6) is -0.599. The topological polar surface area (TPSA) is 60.2 Å². The van der Waals surface area contributed by atoms with E-state index in [2.05, 4.69) is 0 Å². The van der Waals surface area contributed by atoms with Gasteiger partial charge in [0.1, 0.15) is 0 Å². The van der Waals surface area contributed by atoms with Crippen LogP contribution in [-0.2, 0) is 12.6 Å². The summed E-state index contributed by atoms with van der Waals surface area (Å²) in [4.78, 5) is 22.2. The number of ketones is 1. The number of nitro groups is 1. The number of Topliss-reactive ketones (excluding diaryl/α,β-unsaturated/α-hetero) is 1. The van der Waals surface area contributed by atoms with E-state index in [9.17, 15) is 28.1 Å². The zero-order chi connectivity index (χ0) is 17.2. The Bertz CT molecular complexity index is 775. The van der Waals surface area contributed by atoms with E-state index in [4.69, 9.17) is 11.6 Å². The fourth-order valence-electron chi connectivity index (χ4n) is 1.98. The molecule has 0 N–H and O–H groups in total. The van der Waals surface area contributed by atoms with Crippen LogP contribution in [0.3, 0.4) is 0 Å². The maximum absolute atomic E-state index is 12.7. The van der Waals surface area contributed by atoms with E-state index in [0.717, 1.165) is 24.3 Å². The van der Waals surface area contributed by atoms with Gasteiger partial charge < -0.3 is 0 Å². The third-order valence-corrected chi connectivity index (χ3v) is 3.41. The van der Waals surface area contributed by atoms with Gasteiger partial charge in [0, 0.05) is 24.1 Å². The van der Waals surface area contributed by atoms with Crippen molar-refractivity contribution in [2.24, 2.45) is 0 Å². The van der Waals surface area contributed by atoms with E-state index >= 15 is 0 Å². The van der Waals surface area contributed by atoms with Crippen molar-refractivity contribution in [3.05, 3.63) is 74.3 Å². The monoisotopic (exact) mass is 343 g/mol. The number of benzene rings is 2. The number of hydrogen-bond acceptors (Lipinski definition) is 3. The van der Waals surface area contributed by atoms with Crippen molar-refractivity contribution < 1.29 is 22.9 Å². The molecule has 0 fully saturated rings. The Hall–Kier alpha value is -2.41. The number of carbonyl (C=O) groups is 1. The summed E-state index contributed by atoms with van der Waals surface area (Å²) in [5, 5.41) is 10.7. The average Bonchev–Trinajstić information content (AvgIpc) is 2.46. The molecule has 2 aromatic carbocycles. The Morgan fingerprint density at radius 1 is 1.17 bits per heavy atom. The molecule has 0 aliphatic rings. The molecule has 0 heterocycles. The van der Waals surface area contributed by atoms with Crippen molar-refractivity contribution in [3.63, 3.8) is 0 Å². The molecule has 0 saturated heterocycles. The molecule has 0 saturated carbocycles. The van der Waals surface area contributed by atoms with Crippen molar-refractivity contribution in [2.75, 3.05) is 0 Å². The normalized spacial score (nSPS) is 11.3. The first-order valence-corrected chi connectivity index (χ1v) is 6.69. The van der Waals surface area contributed by atoms with Crippen LogP contribution in [0, 0.1) is 10.1 Å². The van der Waals surface area contributed by atoms with Gasteiger partial charge in [-0.2, -0.15) is 13.2 Å². The lowest BCUT2D eigenvalue weighted by Gasteiger charge is -2.09. The molecule has 0 aliphatic heterocycles. The molecular weight excluding hydrogens is 335 g/mol. The quantitative estimate of drug-likeness (QED) is 0.459. The molecule has 2 aromatic rings. The first-order valence-electron chi connectivity index (χ1n) is 6.32. The Balaban J connectivity index is 2.29. The van der Waals surface area contributed by atoms with Crippen molar-refractivity contribution in [2.45, 2.75) is 12.6 Å². The van der Waals surface area contributed by atoms with Crippen molar-refractivity contribution in [1.29, 1.82) is 0 Å². The van der Waals surface area contributed by atoms with Gasteiger partial charge >= 0.3 is 6.18 Å². The van der Waals surface area contributed by atoms with E-state index in [1.165, 1.54) is 18.2 Å². The molecule has 23 heavy (non-hydrogen) atoms. The third-order valence-electron chi connectivity index (χ3n) is 3.08. The zero-order valence-electron chi connectivity index (χ0n) is 11.4. The van der Waals surface area contributed by atoms with Gasteiger partial charge in [-0.3, -0.25) is 14.9 Å². The van der Waals surface area contributed by atoms with Crippen LogP contribution < -0.4 is 0 Å². The predicted molar refractivity (Wildman–Crippen MR) is 77.6 cm³/mol. The lowest BCUT2D eigenvalue weighted by molar-refractivity contribution is -0.384. The van der Waals surface area contributed by atoms with Crippen LogP contribution in [0.5, 0.6) is 0 Å². The van der Waals surface area contributed by atoms with Crippen LogP contribution in [0.4, 0.5) is 18.9 Å². The Morgan fingerprint density at radius 2 is 1.87 bits per heavy atom. The van der Waals surface area contributed by atoms with Gasteiger partial charge in [-0.1, -0.05) is 29.8 Å². The SMILES string of the molecule is O=C(Cc1cccc(C(F)(F)F)c1)c1cc([N+](=O)[O-])ccc1Cl. The number of halogens is 4. The molecule has 0 atom stereocenters. The highest BCUT2D eigenvalue weighted by Gasteiger charge is 2.30. The third kappa shape index (κ3) is 4.07. The number of rotatable bonds is 4. The lowest BCUT2D eigenvalue weighted by atomic mass is 10.0. The molecule has 0 aromatic heterocycles. The summed E-state index contributed by atoms with van der Waals surface area (Å²) in [5.41, 5.74) is -1.14. The first kappa shape index (κ1) is 17.0. The number of non-ortho nitro benzene ring substituents is 1. The van der Waals surface area contributed by atoms with Crippen LogP contribution in [0.1, 0.15) is 21.5 Å². The Kier molecular flexibility index (Phi) is 4.70. The van der Waals surface area contributed by atoms with E-state index in [0.29, 0.717) is 0 Å². The average molecular weight is 344 g/mol. The van der Waals surface area contributed by atoms with Crippen molar-refractivity contribution >= 4 is 23.1 Å². The Morgan fingerprint density at radius 3 is 2.48 bits per heavy atom. The second-order valence-electron chi connectivity index (χ2n) is 4.72. The molecule has 0 bridgehead atoms. The summed E-state index contributed by atoms with van der Waals surface area (Å²) in [6.45, 7) is 0. The molecule has 120 valence electrons. The molecule has 8 heteroatoms. The summed E-state index contributed by atoms with van der Waals surface area (Å²) < 4.78 is 38.0. The van der Waals surface area contributed by atoms with Crippen LogP contribution in [0.15, 0.2) is 42.5 Å². The summed E-state index contributed by atoms with van der Waals surface area (Å²) in [6.07, 6.45) is -4.85. The van der Waals surface area contributed by atoms with Gasteiger partial charge in [-0.15, -0.1) is 0 Å². The molecule has 0 unspecified atom stereocenters. The minimum absolute atomic E-state index is 0.00701. The highest BCUT2D eigenvalue weighted by Crippen LogP contribution is 2.30. The van der Waals surface area contributed by atoms with Gasteiger partial charge in [0.05, 0.1) is 15.5 Å². The second kappa shape index (κ2) is 6.37. The standard InChI is InChI=1S/C15H9ClF3NO3/c16-13-5-4-11(20(22)23)8-12(13)14(21)7-9-2-1-3-10(6-9)15(17,18)19/h1-6,8H,7H2. The fraction of sp³-hybridized carbons (Fsp3) is 0.133. The first-order chi connectivity index (χ1) is 10.7. The minimum atomic E-state index is -4.51. The zero-order valence-corrected chi connectivity index (χ0v) is 12.2. The summed E-state index contributed by atoms with van der Waals surface area (Å²) in [6, 6.07) is 7.69. The number of nitrogens with zero attached hydrogens (tertiary/aromatic N) is 1. The molecular formula is C15H9ClF3NO3. The maximum atomic E-state index is 12.7. The Labute approximate surface area is 133 Å². The molecule has 0 aliphatic carbocycles. The van der Waals surface area contributed by atoms with Crippen molar-refractivity contribution in [1.82, 2.24) is 0 Å². The molecule has 0 radical (unpaired) electrons. The number of nitro benzene ring substituents is 1. The van der Waals surface area contributed by atoms with Gasteiger partial charge in [-0.05, 0) is 17.7 Å². The van der Waals surface area contributed by atoms with E-state index in [1.807, 2.05) is 0 Å². The number of alkyl halides is 3. The van der Waals surface area contributed by atoms with Crippen LogP contribution in [-0.4, -0.2) is 10.7 Å². The molecule has 0 spiro atoms. The summed E-state index contributed by atoms with van der Waals surface area (Å²) in [7, 11) is 0. The molecule has 2 rings (SSSR count). The smallest absolute Gasteiger partial charge is 0.294 e. The fourth-order valence-corrected chi connectivity index (χ4v) is 2.20. The van der Waals surface area contributed by atoms with Crippen LogP contribution >= 0.6 is 11.6 Å². The van der Waals surface area contributed by atoms with E-state index < -0.39 is 22.4 Å². The predicted octanol–water partition coefficient (Wildman–Crippen LogP) is 4.69. The molecule has 4 nitrogen and oxygen atoms in total. The van der Waals surface area contributed by atoms with Gasteiger partial charge in [-0.25, -0.2) is 0 Å². The van der Waals surface area contributed by atoms with E-state index in [1.54, 1.807) is 0 Å². The molecule has 0 amide bonds. The largest absolute Gasteiger partial charge is 0.416 e.